The van der Waals surface area contributed by atoms with Crippen LogP contribution in [0, 0.1) is 0 Å². The number of oxazole rings is 1. The van der Waals surface area contributed by atoms with Crippen LogP contribution in [-0.2, 0) is 0 Å². The zero-order chi connectivity index (χ0) is 41.7. The molecule has 0 amide bonds. The molecule has 0 spiro atoms. The third-order valence-electron chi connectivity index (χ3n) is 12.1. The molecule has 2 heterocycles. The van der Waals surface area contributed by atoms with Crippen LogP contribution >= 0.6 is 0 Å². The molecule has 0 saturated carbocycles. The molecule has 0 aliphatic rings. The number of fused-ring (bicyclic) bond motifs is 6. The van der Waals surface area contributed by atoms with Crippen LogP contribution in [0.25, 0.3) is 99.8 Å². The fourth-order valence-electron chi connectivity index (χ4n) is 9.03. The molecular weight excluding hydrogens is 769 g/mol. The average Bonchev–Trinajstić information content (AvgIpc) is 3.99. The second-order valence-electron chi connectivity index (χ2n) is 15.9. The maximum atomic E-state index is 6.73. The summed E-state index contributed by atoms with van der Waals surface area (Å²) in [5.74, 6) is 0.601. The number of hydrogen-bond acceptors (Lipinski definition) is 4. The fourth-order valence-corrected chi connectivity index (χ4v) is 9.03. The van der Waals surface area contributed by atoms with Crippen molar-refractivity contribution < 1.29 is 8.83 Å². The van der Waals surface area contributed by atoms with Crippen LogP contribution in [0.1, 0.15) is 0 Å². The van der Waals surface area contributed by atoms with Gasteiger partial charge in [0.05, 0.1) is 11.4 Å². The predicted octanol–water partition coefficient (Wildman–Crippen LogP) is 16.7. The van der Waals surface area contributed by atoms with E-state index in [0.29, 0.717) is 5.89 Å². The summed E-state index contributed by atoms with van der Waals surface area (Å²) >= 11 is 0. The molecule has 0 radical (unpaired) electrons. The van der Waals surface area contributed by atoms with Crippen molar-refractivity contribution in [3.05, 3.63) is 231 Å². The first-order valence-corrected chi connectivity index (χ1v) is 21.3. The molecular formula is C59H38N2O2. The summed E-state index contributed by atoms with van der Waals surface area (Å²) in [5.41, 5.74) is 16.1. The number of anilines is 3. The Hall–Kier alpha value is -8.47. The first kappa shape index (κ1) is 36.4. The summed E-state index contributed by atoms with van der Waals surface area (Å²) in [5, 5.41) is 4.35. The van der Waals surface area contributed by atoms with Crippen molar-refractivity contribution in [2.75, 3.05) is 4.90 Å². The Morgan fingerprint density at radius 1 is 0.333 bits per heavy atom. The SMILES string of the molecule is c1ccc(-c2ccc(-c3nc4c(o3)c(-c3ccc(-c5ccccc5N(c5cccc(-c6ccccc6)c5)c5cccc6c5oc5ccccc56)cc3)cc3ccccc34)cc2)cc1. The van der Waals surface area contributed by atoms with Gasteiger partial charge >= 0.3 is 0 Å². The van der Waals surface area contributed by atoms with Gasteiger partial charge in [0.1, 0.15) is 11.1 Å². The van der Waals surface area contributed by atoms with E-state index in [0.717, 1.165) is 105 Å². The largest absolute Gasteiger partial charge is 0.454 e. The van der Waals surface area contributed by atoms with E-state index in [-0.39, 0.29) is 0 Å². The molecule has 10 aromatic carbocycles. The number of benzene rings is 10. The van der Waals surface area contributed by atoms with Gasteiger partial charge in [0, 0.05) is 38.5 Å². The normalized spacial score (nSPS) is 11.5. The number of rotatable bonds is 8. The monoisotopic (exact) mass is 806 g/mol. The third-order valence-corrected chi connectivity index (χ3v) is 12.1. The first-order chi connectivity index (χ1) is 31.2. The van der Waals surface area contributed by atoms with Gasteiger partial charge in [-0.15, -0.1) is 0 Å². The van der Waals surface area contributed by atoms with Crippen molar-refractivity contribution in [3.8, 4) is 56.0 Å². The highest BCUT2D eigenvalue weighted by atomic mass is 16.3. The maximum absolute atomic E-state index is 6.73. The standard InChI is InChI=1S/C59H38N2O2/c1-3-15-39(16-4-1)41-29-35-44(36-30-41)59-60-56-49-23-8-7-19-46(49)38-52(58(56)63-59)43-33-31-42(32-34-43)48-22-9-11-26-53(48)61(47-21-13-20-45(37-47)40-17-5-2-6-18-40)54-27-14-25-51-50-24-10-12-28-55(50)62-57(51)54/h1-38H. The highest BCUT2D eigenvalue weighted by Crippen LogP contribution is 2.46. The summed E-state index contributed by atoms with van der Waals surface area (Å²) in [6.45, 7) is 0. The molecule has 12 aromatic rings. The Labute approximate surface area is 364 Å². The summed E-state index contributed by atoms with van der Waals surface area (Å²) in [4.78, 5) is 7.48. The van der Waals surface area contributed by atoms with E-state index in [9.17, 15) is 0 Å². The van der Waals surface area contributed by atoms with E-state index in [2.05, 4.69) is 217 Å². The molecule has 296 valence electrons. The molecule has 0 aliphatic heterocycles. The van der Waals surface area contributed by atoms with Gasteiger partial charge in [-0.3, -0.25) is 0 Å². The van der Waals surface area contributed by atoms with E-state index in [1.165, 1.54) is 5.56 Å². The Balaban J connectivity index is 0.978. The minimum Gasteiger partial charge on any atom is -0.454 e. The molecule has 2 aromatic heterocycles. The lowest BCUT2D eigenvalue weighted by Gasteiger charge is -2.28. The number of nitrogens with zero attached hydrogens (tertiary/aromatic N) is 2. The number of aromatic nitrogens is 1. The van der Waals surface area contributed by atoms with Gasteiger partial charge in [-0.1, -0.05) is 182 Å². The van der Waals surface area contributed by atoms with E-state index in [1.807, 2.05) is 18.2 Å². The smallest absolute Gasteiger partial charge is 0.227 e. The van der Waals surface area contributed by atoms with E-state index in [4.69, 9.17) is 13.8 Å². The molecule has 0 N–H and O–H groups in total. The second-order valence-corrected chi connectivity index (χ2v) is 15.9. The Morgan fingerprint density at radius 3 is 1.68 bits per heavy atom. The summed E-state index contributed by atoms with van der Waals surface area (Å²) in [6.07, 6.45) is 0. The van der Waals surface area contributed by atoms with Crippen LogP contribution in [0.15, 0.2) is 239 Å². The van der Waals surface area contributed by atoms with Crippen molar-refractivity contribution in [2.45, 2.75) is 0 Å². The fraction of sp³-hybridized carbons (Fsp3) is 0. The molecule has 0 fully saturated rings. The lowest BCUT2D eigenvalue weighted by molar-refractivity contribution is 0.621. The van der Waals surface area contributed by atoms with Crippen LogP contribution < -0.4 is 4.90 Å². The van der Waals surface area contributed by atoms with Crippen LogP contribution in [0.2, 0.25) is 0 Å². The zero-order valence-electron chi connectivity index (χ0n) is 34.2. The molecule has 12 rings (SSSR count). The highest BCUT2D eigenvalue weighted by molar-refractivity contribution is 6.12. The molecule has 63 heavy (non-hydrogen) atoms. The van der Waals surface area contributed by atoms with Crippen molar-refractivity contribution >= 4 is 60.9 Å². The first-order valence-electron chi connectivity index (χ1n) is 21.3. The average molecular weight is 807 g/mol. The summed E-state index contributed by atoms with van der Waals surface area (Å²) < 4.78 is 13.4. The van der Waals surface area contributed by atoms with Crippen LogP contribution in [0.4, 0.5) is 17.1 Å². The lowest BCUT2D eigenvalue weighted by atomic mass is 9.96. The van der Waals surface area contributed by atoms with Gasteiger partial charge in [0.2, 0.25) is 5.89 Å². The summed E-state index contributed by atoms with van der Waals surface area (Å²) in [7, 11) is 0. The quantitative estimate of drug-likeness (QED) is 0.153. The molecule has 0 aliphatic carbocycles. The molecule has 0 atom stereocenters. The topological polar surface area (TPSA) is 42.4 Å². The third kappa shape index (κ3) is 6.44. The maximum Gasteiger partial charge on any atom is 0.227 e. The number of hydrogen-bond donors (Lipinski definition) is 0. The molecule has 4 heteroatoms. The second kappa shape index (κ2) is 15.2. The zero-order valence-corrected chi connectivity index (χ0v) is 34.2. The molecule has 0 saturated heterocycles. The molecule has 0 unspecified atom stereocenters. The van der Waals surface area contributed by atoms with Gasteiger partial charge in [-0.2, -0.15) is 0 Å². The number of furan rings is 1. The minimum absolute atomic E-state index is 0.601. The number of para-hydroxylation sites is 3. The van der Waals surface area contributed by atoms with Crippen molar-refractivity contribution in [1.29, 1.82) is 0 Å². The lowest BCUT2D eigenvalue weighted by Crippen LogP contribution is -2.11. The molecule has 0 bridgehead atoms. The highest BCUT2D eigenvalue weighted by Gasteiger charge is 2.23. The Bertz CT molecular complexity index is 3610. The van der Waals surface area contributed by atoms with Crippen LogP contribution in [0.3, 0.4) is 0 Å². The Kier molecular flexibility index (Phi) is 8.79. The van der Waals surface area contributed by atoms with Crippen LogP contribution in [-0.4, -0.2) is 4.98 Å². The van der Waals surface area contributed by atoms with Gasteiger partial charge in [0.25, 0.3) is 0 Å². The van der Waals surface area contributed by atoms with Gasteiger partial charge in [0.15, 0.2) is 11.2 Å². The van der Waals surface area contributed by atoms with Crippen molar-refractivity contribution in [2.24, 2.45) is 0 Å². The molecule has 4 nitrogen and oxygen atoms in total. The van der Waals surface area contributed by atoms with E-state index < -0.39 is 0 Å². The van der Waals surface area contributed by atoms with Crippen molar-refractivity contribution in [1.82, 2.24) is 4.98 Å². The van der Waals surface area contributed by atoms with Gasteiger partial charge in [-0.25, -0.2) is 4.98 Å². The van der Waals surface area contributed by atoms with Crippen molar-refractivity contribution in [3.63, 3.8) is 0 Å². The predicted molar refractivity (Wildman–Crippen MR) is 261 cm³/mol. The van der Waals surface area contributed by atoms with E-state index >= 15 is 0 Å². The minimum atomic E-state index is 0.601. The van der Waals surface area contributed by atoms with Crippen LogP contribution in [0.5, 0.6) is 0 Å². The van der Waals surface area contributed by atoms with Gasteiger partial charge in [-0.05, 0) is 87.3 Å². The van der Waals surface area contributed by atoms with E-state index in [1.54, 1.807) is 0 Å². The van der Waals surface area contributed by atoms with Gasteiger partial charge < -0.3 is 13.7 Å². The Morgan fingerprint density at radius 2 is 0.889 bits per heavy atom. The summed E-state index contributed by atoms with van der Waals surface area (Å²) in [6, 6.07) is 81.0.